The first-order chi connectivity index (χ1) is 11.9. The van der Waals surface area contributed by atoms with E-state index in [1.54, 1.807) is 23.2 Å². The van der Waals surface area contributed by atoms with Crippen molar-refractivity contribution in [2.45, 2.75) is 4.90 Å². The SMILES string of the molecule is COc1ccc(F)cc1S(=O)(=O)N1CCN(C(=O)c2ccc[nH]2)CC1. The molecule has 1 aliphatic heterocycles. The van der Waals surface area contributed by atoms with Crippen LogP contribution >= 0.6 is 0 Å². The number of aromatic nitrogens is 1. The van der Waals surface area contributed by atoms with Crippen molar-refractivity contribution < 1.29 is 22.3 Å². The molecule has 1 aliphatic rings. The lowest BCUT2D eigenvalue weighted by Gasteiger charge is -2.34. The maximum absolute atomic E-state index is 13.5. The summed E-state index contributed by atoms with van der Waals surface area (Å²) in [5.41, 5.74) is 0.461. The number of ether oxygens (including phenoxy) is 1. The van der Waals surface area contributed by atoms with Gasteiger partial charge in [0.25, 0.3) is 5.91 Å². The fraction of sp³-hybridized carbons (Fsp3) is 0.312. The molecule has 0 atom stereocenters. The van der Waals surface area contributed by atoms with E-state index in [0.717, 1.165) is 12.1 Å². The highest BCUT2D eigenvalue weighted by Crippen LogP contribution is 2.28. The molecule has 7 nitrogen and oxygen atoms in total. The number of methoxy groups -OCH3 is 1. The molecule has 0 radical (unpaired) electrons. The average Bonchev–Trinajstić information content (AvgIpc) is 3.16. The first-order valence-electron chi connectivity index (χ1n) is 7.70. The van der Waals surface area contributed by atoms with Gasteiger partial charge in [-0.15, -0.1) is 0 Å². The number of nitrogens with zero attached hydrogens (tertiary/aromatic N) is 2. The summed E-state index contributed by atoms with van der Waals surface area (Å²) in [6.07, 6.45) is 1.66. The molecular formula is C16H18FN3O4S. The van der Waals surface area contributed by atoms with Gasteiger partial charge in [-0.1, -0.05) is 0 Å². The third-order valence-corrected chi connectivity index (χ3v) is 6.02. The molecule has 2 heterocycles. The normalized spacial score (nSPS) is 16.0. The van der Waals surface area contributed by atoms with Crippen LogP contribution in [-0.2, 0) is 10.0 Å². The van der Waals surface area contributed by atoms with E-state index < -0.39 is 15.8 Å². The molecule has 0 aliphatic carbocycles. The Labute approximate surface area is 145 Å². The number of aromatic amines is 1. The summed E-state index contributed by atoms with van der Waals surface area (Å²) < 4.78 is 45.4. The van der Waals surface area contributed by atoms with E-state index in [1.165, 1.54) is 17.5 Å². The lowest BCUT2D eigenvalue weighted by molar-refractivity contribution is 0.0692. The van der Waals surface area contributed by atoms with Crippen LogP contribution in [0.25, 0.3) is 0 Å². The third kappa shape index (κ3) is 3.38. The lowest BCUT2D eigenvalue weighted by atomic mass is 10.3. The van der Waals surface area contributed by atoms with Gasteiger partial charge in [0.2, 0.25) is 10.0 Å². The highest BCUT2D eigenvalue weighted by atomic mass is 32.2. The third-order valence-electron chi connectivity index (χ3n) is 4.10. The molecule has 2 aromatic rings. The zero-order chi connectivity index (χ0) is 18.0. The number of halogens is 1. The summed E-state index contributed by atoms with van der Waals surface area (Å²) >= 11 is 0. The van der Waals surface area contributed by atoms with Crippen LogP contribution in [0.3, 0.4) is 0 Å². The van der Waals surface area contributed by atoms with Gasteiger partial charge in [0, 0.05) is 32.4 Å². The number of sulfonamides is 1. The molecule has 1 fully saturated rings. The van der Waals surface area contributed by atoms with Gasteiger partial charge in [0.1, 0.15) is 22.2 Å². The van der Waals surface area contributed by atoms with Crippen LogP contribution in [0, 0.1) is 5.82 Å². The number of carbonyl (C=O) groups is 1. The van der Waals surface area contributed by atoms with Crippen LogP contribution in [0.2, 0.25) is 0 Å². The van der Waals surface area contributed by atoms with Crippen molar-refractivity contribution in [2.75, 3.05) is 33.3 Å². The van der Waals surface area contributed by atoms with E-state index in [9.17, 15) is 17.6 Å². The molecule has 1 aromatic carbocycles. The van der Waals surface area contributed by atoms with Crippen LogP contribution in [0.4, 0.5) is 4.39 Å². The first-order valence-corrected chi connectivity index (χ1v) is 9.14. The highest BCUT2D eigenvalue weighted by molar-refractivity contribution is 7.89. The number of amides is 1. The summed E-state index contributed by atoms with van der Waals surface area (Å²) in [4.78, 5) is 16.5. The monoisotopic (exact) mass is 367 g/mol. The quantitative estimate of drug-likeness (QED) is 0.883. The fourth-order valence-corrected chi connectivity index (χ4v) is 4.35. The Morgan fingerprint density at radius 2 is 1.92 bits per heavy atom. The zero-order valence-corrected chi connectivity index (χ0v) is 14.4. The number of nitrogens with one attached hydrogen (secondary N) is 1. The molecule has 1 N–H and O–H groups in total. The second kappa shape index (κ2) is 6.85. The Balaban J connectivity index is 1.76. The van der Waals surface area contributed by atoms with E-state index in [1.807, 2.05) is 0 Å². The molecule has 0 bridgehead atoms. The number of benzene rings is 1. The number of carbonyl (C=O) groups excluding carboxylic acids is 1. The number of rotatable bonds is 4. The minimum absolute atomic E-state index is 0.0892. The van der Waals surface area contributed by atoms with Crippen molar-refractivity contribution in [3.63, 3.8) is 0 Å². The van der Waals surface area contributed by atoms with Crippen LogP contribution in [0.1, 0.15) is 10.5 Å². The van der Waals surface area contributed by atoms with Crippen LogP contribution in [-0.4, -0.2) is 61.8 Å². The minimum atomic E-state index is -3.91. The molecule has 134 valence electrons. The number of hydrogen-bond acceptors (Lipinski definition) is 4. The van der Waals surface area contributed by atoms with Gasteiger partial charge in [-0.3, -0.25) is 4.79 Å². The van der Waals surface area contributed by atoms with E-state index in [2.05, 4.69) is 4.98 Å². The molecule has 25 heavy (non-hydrogen) atoms. The molecule has 1 saturated heterocycles. The van der Waals surface area contributed by atoms with Crippen LogP contribution in [0.15, 0.2) is 41.4 Å². The topological polar surface area (TPSA) is 82.7 Å². The van der Waals surface area contributed by atoms with E-state index in [4.69, 9.17) is 4.74 Å². The molecule has 1 aromatic heterocycles. The Kier molecular flexibility index (Phi) is 4.78. The number of piperazine rings is 1. The van der Waals surface area contributed by atoms with Gasteiger partial charge < -0.3 is 14.6 Å². The minimum Gasteiger partial charge on any atom is -0.495 e. The highest BCUT2D eigenvalue weighted by Gasteiger charge is 2.32. The van der Waals surface area contributed by atoms with Crippen molar-refractivity contribution in [3.05, 3.63) is 48.0 Å². The van der Waals surface area contributed by atoms with E-state index in [-0.39, 0.29) is 42.7 Å². The summed E-state index contributed by atoms with van der Waals surface area (Å²) in [7, 11) is -2.58. The Bertz CT molecular complexity index is 860. The largest absolute Gasteiger partial charge is 0.495 e. The predicted molar refractivity (Wildman–Crippen MR) is 88.4 cm³/mol. The number of H-pyrrole nitrogens is 1. The van der Waals surface area contributed by atoms with Crippen molar-refractivity contribution in [1.82, 2.24) is 14.2 Å². The van der Waals surface area contributed by atoms with Gasteiger partial charge in [0.05, 0.1) is 7.11 Å². The maximum Gasteiger partial charge on any atom is 0.270 e. The van der Waals surface area contributed by atoms with Gasteiger partial charge in [-0.25, -0.2) is 12.8 Å². The standard InChI is InChI=1S/C16H18FN3O4S/c1-24-14-5-4-12(17)11-15(14)25(22,23)20-9-7-19(8-10-20)16(21)13-3-2-6-18-13/h2-6,11,18H,7-10H2,1H3. The molecule has 0 unspecified atom stereocenters. The molecule has 0 spiro atoms. The molecular weight excluding hydrogens is 349 g/mol. The van der Waals surface area contributed by atoms with Crippen LogP contribution in [0.5, 0.6) is 5.75 Å². The van der Waals surface area contributed by atoms with Crippen molar-refractivity contribution >= 4 is 15.9 Å². The summed E-state index contributed by atoms with van der Waals surface area (Å²) in [5, 5.41) is 0. The molecule has 9 heteroatoms. The smallest absolute Gasteiger partial charge is 0.270 e. The fourth-order valence-electron chi connectivity index (χ4n) is 2.76. The Morgan fingerprint density at radius 3 is 2.52 bits per heavy atom. The summed E-state index contributed by atoms with van der Waals surface area (Å²) in [5.74, 6) is -0.739. The van der Waals surface area contributed by atoms with E-state index >= 15 is 0 Å². The summed E-state index contributed by atoms with van der Waals surface area (Å²) in [6.45, 7) is 0.784. The lowest BCUT2D eigenvalue weighted by Crippen LogP contribution is -2.50. The van der Waals surface area contributed by atoms with Crippen molar-refractivity contribution in [2.24, 2.45) is 0 Å². The Morgan fingerprint density at radius 1 is 1.20 bits per heavy atom. The second-order valence-electron chi connectivity index (χ2n) is 5.58. The van der Waals surface area contributed by atoms with E-state index in [0.29, 0.717) is 5.69 Å². The maximum atomic E-state index is 13.5. The molecule has 0 saturated carbocycles. The first kappa shape index (κ1) is 17.4. The molecule has 3 rings (SSSR count). The summed E-state index contributed by atoms with van der Waals surface area (Å²) in [6, 6.07) is 6.77. The number of hydrogen-bond donors (Lipinski definition) is 1. The Hall–Kier alpha value is -2.39. The zero-order valence-electron chi connectivity index (χ0n) is 13.6. The average molecular weight is 367 g/mol. The molecule has 1 amide bonds. The van der Waals surface area contributed by atoms with Crippen molar-refractivity contribution in [3.8, 4) is 5.75 Å². The second-order valence-corrected chi connectivity index (χ2v) is 7.48. The van der Waals surface area contributed by atoms with Gasteiger partial charge in [-0.05, 0) is 30.3 Å². The van der Waals surface area contributed by atoms with Gasteiger partial charge in [0.15, 0.2) is 0 Å². The predicted octanol–water partition coefficient (Wildman–Crippen LogP) is 1.31. The van der Waals surface area contributed by atoms with Gasteiger partial charge >= 0.3 is 0 Å². The van der Waals surface area contributed by atoms with Crippen LogP contribution < -0.4 is 4.74 Å². The van der Waals surface area contributed by atoms with Gasteiger partial charge in [-0.2, -0.15) is 4.31 Å². The van der Waals surface area contributed by atoms with Crippen molar-refractivity contribution in [1.29, 1.82) is 0 Å².